The quantitative estimate of drug-likeness (QED) is 0.173. The fourth-order valence-corrected chi connectivity index (χ4v) is 11.7. The van der Waals surface area contributed by atoms with Gasteiger partial charge < -0.3 is 14.0 Å². The monoisotopic (exact) mass is 893 g/mol. The van der Waals surface area contributed by atoms with Crippen molar-refractivity contribution in [2.24, 2.45) is 0 Å². The average molecular weight is 894 g/mol. The summed E-state index contributed by atoms with van der Waals surface area (Å²) in [4.78, 5) is 10.2. The van der Waals surface area contributed by atoms with Crippen molar-refractivity contribution in [2.45, 2.75) is 5.41 Å². The summed E-state index contributed by atoms with van der Waals surface area (Å²) >= 11 is 0. The van der Waals surface area contributed by atoms with Crippen LogP contribution in [0.5, 0.6) is 23.0 Å². The van der Waals surface area contributed by atoms with Crippen LogP contribution in [0.1, 0.15) is 22.3 Å². The molecule has 3 aliphatic rings. The summed E-state index contributed by atoms with van der Waals surface area (Å²) in [6.45, 7) is 0. The fourth-order valence-electron chi connectivity index (χ4n) is 11.7. The molecular formula is C65H39N3O2. The van der Waals surface area contributed by atoms with Crippen molar-refractivity contribution < 1.29 is 9.47 Å². The second-order valence-corrected chi connectivity index (χ2v) is 18.4. The second-order valence-electron chi connectivity index (χ2n) is 18.4. The first-order valence-corrected chi connectivity index (χ1v) is 23.8. The van der Waals surface area contributed by atoms with Crippen molar-refractivity contribution in [3.05, 3.63) is 259 Å². The van der Waals surface area contributed by atoms with E-state index in [1.807, 2.05) is 60.7 Å². The third-order valence-corrected chi connectivity index (χ3v) is 14.7. The number of nitrogens with zero attached hydrogens (tertiary/aromatic N) is 3. The summed E-state index contributed by atoms with van der Waals surface area (Å²) in [6, 6.07) is 84.2. The Morgan fingerprint density at radius 2 is 0.886 bits per heavy atom. The number of para-hydroxylation sites is 3. The lowest BCUT2D eigenvalue weighted by molar-refractivity contribution is 0.354. The molecule has 0 amide bonds. The summed E-state index contributed by atoms with van der Waals surface area (Å²) in [5.74, 6) is 3.63. The second kappa shape index (κ2) is 14.8. The zero-order chi connectivity index (χ0) is 45.9. The van der Waals surface area contributed by atoms with Gasteiger partial charge in [0.15, 0.2) is 28.8 Å². The fraction of sp³-hybridized carbons (Fsp3) is 0.0154. The third kappa shape index (κ3) is 5.54. The van der Waals surface area contributed by atoms with Crippen LogP contribution in [0.25, 0.3) is 94.8 Å². The minimum atomic E-state index is -0.641. The highest BCUT2D eigenvalue weighted by Gasteiger charge is 2.54. The van der Waals surface area contributed by atoms with Crippen molar-refractivity contribution in [2.75, 3.05) is 0 Å². The predicted octanol–water partition coefficient (Wildman–Crippen LogP) is 16.5. The minimum Gasteiger partial charge on any atom is -0.450 e. The molecule has 12 aromatic rings. The Hall–Kier alpha value is -9.32. The molecule has 1 spiro atoms. The van der Waals surface area contributed by atoms with Gasteiger partial charge in [-0.05, 0) is 123 Å². The van der Waals surface area contributed by atoms with Gasteiger partial charge in [-0.3, -0.25) is 0 Å². The summed E-state index contributed by atoms with van der Waals surface area (Å²) in [5, 5.41) is 2.39. The first-order valence-electron chi connectivity index (χ1n) is 23.8. The van der Waals surface area contributed by atoms with E-state index in [1.54, 1.807) is 0 Å². The van der Waals surface area contributed by atoms with Crippen molar-refractivity contribution in [1.29, 1.82) is 0 Å². The number of fused-ring (bicyclic) bond motifs is 16. The van der Waals surface area contributed by atoms with Crippen LogP contribution >= 0.6 is 0 Å². The molecule has 5 heteroatoms. The maximum atomic E-state index is 6.95. The highest BCUT2D eigenvalue weighted by atomic mass is 16.6. The van der Waals surface area contributed by atoms with Crippen LogP contribution < -0.4 is 9.47 Å². The van der Waals surface area contributed by atoms with Crippen molar-refractivity contribution in [3.8, 4) is 96.0 Å². The van der Waals surface area contributed by atoms with Crippen LogP contribution in [0.4, 0.5) is 0 Å². The van der Waals surface area contributed by atoms with Gasteiger partial charge in [0.1, 0.15) is 0 Å². The number of ether oxygens (including phenoxy) is 2. The molecule has 5 nitrogen and oxygen atoms in total. The molecular weight excluding hydrogens is 855 g/mol. The molecule has 10 aromatic carbocycles. The molecule has 3 heterocycles. The van der Waals surface area contributed by atoms with E-state index in [-0.39, 0.29) is 0 Å². The first kappa shape index (κ1) is 38.8. The molecule has 326 valence electrons. The van der Waals surface area contributed by atoms with Gasteiger partial charge in [0.25, 0.3) is 0 Å². The lowest BCUT2D eigenvalue weighted by Gasteiger charge is -2.33. The highest BCUT2D eigenvalue weighted by molar-refractivity contribution is 6.10. The van der Waals surface area contributed by atoms with Crippen LogP contribution in [0, 0.1) is 0 Å². The Balaban J connectivity index is 0.865. The van der Waals surface area contributed by atoms with Gasteiger partial charge >= 0.3 is 0 Å². The van der Waals surface area contributed by atoms with Gasteiger partial charge in [0, 0.05) is 38.7 Å². The van der Waals surface area contributed by atoms with Crippen LogP contribution in [-0.2, 0) is 5.41 Å². The van der Waals surface area contributed by atoms with Crippen molar-refractivity contribution in [3.63, 3.8) is 0 Å². The van der Waals surface area contributed by atoms with E-state index in [9.17, 15) is 0 Å². The van der Waals surface area contributed by atoms with Crippen LogP contribution in [0.3, 0.4) is 0 Å². The number of hydrogen-bond acceptors (Lipinski definition) is 4. The standard InChI is InChI=1S/C65H39N3O2/c1-3-15-40(16-4-1)55-39-56(41-17-5-2-6-18-41)67-64(66-55)42-27-31-45(32-28-42)68-57-24-12-9-21-49(57)51-37-43(30-35-58(51)68)44-29-33-48-50-34-36-61-63(70-60-26-14-13-25-59(60)69-61)62(50)65(54(48)38-44)52-22-10-7-19-46(52)47-20-8-11-23-53(47)65/h1-39H. The molecule has 0 fully saturated rings. The molecule has 0 saturated carbocycles. The lowest BCUT2D eigenvalue weighted by atomic mass is 9.70. The number of hydrogen-bond donors (Lipinski definition) is 0. The van der Waals surface area contributed by atoms with Crippen LogP contribution in [-0.4, -0.2) is 14.5 Å². The Morgan fingerprint density at radius 1 is 0.343 bits per heavy atom. The number of aromatic nitrogens is 3. The van der Waals surface area contributed by atoms with Gasteiger partial charge in [-0.15, -0.1) is 0 Å². The van der Waals surface area contributed by atoms with Gasteiger partial charge in [-0.25, -0.2) is 9.97 Å². The maximum Gasteiger partial charge on any atom is 0.175 e. The molecule has 0 bridgehead atoms. The summed E-state index contributed by atoms with van der Waals surface area (Å²) in [7, 11) is 0. The van der Waals surface area contributed by atoms with E-state index < -0.39 is 5.41 Å². The van der Waals surface area contributed by atoms with Crippen molar-refractivity contribution >= 4 is 21.8 Å². The van der Waals surface area contributed by atoms with E-state index in [4.69, 9.17) is 19.4 Å². The Morgan fingerprint density at radius 3 is 1.60 bits per heavy atom. The van der Waals surface area contributed by atoms with E-state index in [0.717, 1.165) is 90.1 Å². The largest absolute Gasteiger partial charge is 0.450 e. The van der Waals surface area contributed by atoms with E-state index in [0.29, 0.717) is 5.82 Å². The Labute approximate surface area is 404 Å². The average Bonchev–Trinajstić information content (AvgIpc) is 4.05. The minimum absolute atomic E-state index is 0.641. The first-order chi connectivity index (χ1) is 34.7. The normalized spacial score (nSPS) is 13.2. The van der Waals surface area contributed by atoms with Gasteiger partial charge in [0.05, 0.1) is 27.8 Å². The topological polar surface area (TPSA) is 49.2 Å². The molecule has 2 aromatic heterocycles. The van der Waals surface area contributed by atoms with E-state index >= 15 is 0 Å². The molecule has 0 N–H and O–H groups in total. The summed E-state index contributed by atoms with van der Waals surface area (Å²) in [6.07, 6.45) is 0. The molecule has 1 aliphatic heterocycles. The molecule has 0 unspecified atom stereocenters. The molecule has 15 rings (SSSR count). The van der Waals surface area contributed by atoms with Crippen LogP contribution in [0.15, 0.2) is 237 Å². The van der Waals surface area contributed by atoms with Gasteiger partial charge in [-0.2, -0.15) is 0 Å². The molecule has 70 heavy (non-hydrogen) atoms. The van der Waals surface area contributed by atoms with Crippen LogP contribution in [0.2, 0.25) is 0 Å². The zero-order valence-corrected chi connectivity index (χ0v) is 37.7. The lowest BCUT2D eigenvalue weighted by Crippen LogP contribution is -2.27. The van der Waals surface area contributed by atoms with E-state index in [2.05, 4.69) is 180 Å². The van der Waals surface area contributed by atoms with Gasteiger partial charge in [0.2, 0.25) is 0 Å². The van der Waals surface area contributed by atoms with Gasteiger partial charge in [-0.1, -0.05) is 164 Å². The molecule has 0 radical (unpaired) electrons. The molecule has 2 aliphatic carbocycles. The third-order valence-electron chi connectivity index (χ3n) is 14.7. The summed E-state index contributed by atoms with van der Waals surface area (Å²) < 4.78 is 15.9. The predicted molar refractivity (Wildman–Crippen MR) is 281 cm³/mol. The Kier molecular flexibility index (Phi) is 8.21. The smallest absolute Gasteiger partial charge is 0.175 e. The number of rotatable bonds is 5. The highest BCUT2D eigenvalue weighted by Crippen LogP contribution is 2.67. The summed E-state index contributed by atoms with van der Waals surface area (Å²) in [5.41, 5.74) is 19.6. The van der Waals surface area contributed by atoms with Crippen molar-refractivity contribution in [1.82, 2.24) is 14.5 Å². The SMILES string of the molecule is c1ccc(-c2cc(-c3ccccc3)nc(-c3ccc(-n4c5ccccc5c5cc(-c6ccc7c(c6)C6(c8ccccc8-c8ccccc86)c6c-7ccc7c6Oc6ccccc6O7)ccc54)cc3)n2)cc1. The number of benzene rings is 10. The Bertz CT molecular complexity index is 4020. The van der Waals surface area contributed by atoms with E-state index in [1.165, 1.54) is 44.2 Å². The molecule has 0 atom stereocenters. The molecule has 0 saturated heterocycles. The maximum absolute atomic E-state index is 6.95. The zero-order valence-electron chi connectivity index (χ0n) is 37.7.